The minimum atomic E-state index is -0.382. The second-order valence-electron chi connectivity index (χ2n) is 6.58. The number of aliphatic hydroxyl groups is 1. The number of amides is 2. The molecule has 7 heteroatoms. The molecule has 0 aromatic carbocycles. The number of thiazole rings is 1. The molecule has 6 nitrogen and oxygen atoms in total. The first-order valence-corrected chi connectivity index (χ1v) is 9.38. The first kappa shape index (κ1) is 16.5. The zero-order chi connectivity index (χ0) is 16.2. The third-order valence-electron chi connectivity index (χ3n) is 4.55. The van der Waals surface area contributed by atoms with Crippen molar-refractivity contribution >= 4 is 22.5 Å². The molecule has 0 bridgehead atoms. The maximum Gasteiger partial charge on any atom is 0.317 e. The number of carbonyl (C=O) groups excluding carboxylic acids is 1. The first-order valence-electron chi connectivity index (χ1n) is 8.50. The van der Waals surface area contributed by atoms with Crippen molar-refractivity contribution in [3.63, 3.8) is 0 Å². The number of carbonyl (C=O) groups is 1. The van der Waals surface area contributed by atoms with E-state index in [2.05, 4.69) is 20.6 Å². The van der Waals surface area contributed by atoms with Crippen LogP contribution in [-0.4, -0.2) is 60.4 Å². The molecular formula is C16H26N4O2S. The second-order valence-corrected chi connectivity index (χ2v) is 7.42. The van der Waals surface area contributed by atoms with Gasteiger partial charge in [0.1, 0.15) is 0 Å². The largest absolute Gasteiger partial charge is 0.391 e. The van der Waals surface area contributed by atoms with Crippen LogP contribution in [0.1, 0.15) is 31.4 Å². The molecule has 1 aliphatic heterocycles. The van der Waals surface area contributed by atoms with E-state index in [1.165, 1.54) is 12.8 Å². The van der Waals surface area contributed by atoms with Crippen LogP contribution in [0.4, 0.5) is 9.93 Å². The highest BCUT2D eigenvalue weighted by Crippen LogP contribution is 2.32. The van der Waals surface area contributed by atoms with Crippen molar-refractivity contribution in [2.24, 2.45) is 5.92 Å². The molecule has 2 aliphatic rings. The average molecular weight is 338 g/mol. The number of likely N-dealkylation sites (N-methyl/N-ethyl adjacent to an activating group) is 1. The lowest BCUT2D eigenvalue weighted by Gasteiger charge is -2.21. The Morgan fingerprint density at radius 1 is 1.52 bits per heavy atom. The number of nitrogens with zero attached hydrogens (tertiary/aromatic N) is 3. The van der Waals surface area contributed by atoms with Gasteiger partial charge in [-0.1, -0.05) is 0 Å². The Labute approximate surface area is 141 Å². The summed E-state index contributed by atoms with van der Waals surface area (Å²) in [5.74, 6) is 0.393. The number of nitrogens with one attached hydrogen (secondary N) is 1. The Morgan fingerprint density at radius 2 is 2.26 bits per heavy atom. The molecule has 23 heavy (non-hydrogen) atoms. The number of hydrogen-bond donors (Lipinski definition) is 2. The monoisotopic (exact) mass is 338 g/mol. The van der Waals surface area contributed by atoms with E-state index in [0.717, 1.165) is 43.2 Å². The minimum Gasteiger partial charge on any atom is -0.391 e. The molecule has 128 valence electrons. The van der Waals surface area contributed by atoms with Crippen LogP contribution in [0, 0.1) is 5.92 Å². The van der Waals surface area contributed by atoms with Crippen molar-refractivity contribution in [1.29, 1.82) is 0 Å². The van der Waals surface area contributed by atoms with Crippen LogP contribution < -0.4 is 10.2 Å². The van der Waals surface area contributed by atoms with E-state index >= 15 is 0 Å². The topological polar surface area (TPSA) is 68.7 Å². The molecule has 2 N–H and O–H groups in total. The van der Waals surface area contributed by atoms with Crippen molar-refractivity contribution < 1.29 is 9.90 Å². The van der Waals surface area contributed by atoms with Gasteiger partial charge in [0.25, 0.3) is 0 Å². The van der Waals surface area contributed by atoms with Crippen molar-refractivity contribution in [2.75, 3.05) is 38.1 Å². The van der Waals surface area contributed by atoms with Gasteiger partial charge in [0.05, 0.1) is 11.8 Å². The Kier molecular flexibility index (Phi) is 5.38. The number of aromatic nitrogens is 1. The van der Waals surface area contributed by atoms with Crippen molar-refractivity contribution in [1.82, 2.24) is 15.2 Å². The van der Waals surface area contributed by atoms with Gasteiger partial charge in [0.2, 0.25) is 0 Å². The molecule has 1 saturated carbocycles. The SMILES string of the molecule is CN(CC(O)C1CC1)C(=O)NCCc1csc(N2CCCC2)n1. The molecule has 2 heterocycles. The number of rotatable bonds is 7. The lowest BCUT2D eigenvalue weighted by Crippen LogP contribution is -2.42. The molecule has 0 spiro atoms. The van der Waals surface area contributed by atoms with Crippen LogP contribution in [0.2, 0.25) is 0 Å². The van der Waals surface area contributed by atoms with E-state index in [4.69, 9.17) is 0 Å². The minimum absolute atomic E-state index is 0.125. The lowest BCUT2D eigenvalue weighted by atomic mass is 10.2. The fourth-order valence-electron chi connectivity index (χ4n) is 2.89. The highest BCUT2D eigenvalue weighted by molar-refractivity contribution is 7.13. The van der Waals surface area contributed by atoms with E-state index in [1.54, 1.807) is 23.3 Å². The molecule has 1 unspecified atom stereocenters. The average Bonchev–Trinajstić information content (AvgIpc) is 3.05. The third kappa shape index (κ3) is 4.57. The Bertz CT molecular complexity index is 526. The van der Waals surface area contributed by atoms with Crippen LogP contribution >= 0.6 is 11.3 Å². The number of aliphatic hydroxyl groups excluding tert-OH is 1. The normalized spacial score (nSPS) is 19.0. The molecule has 2 amide bonds. The summed E-state index contributed by atoms with van der Waals surface area (Å²) in [5.41, 5.74) is 1.04. The summed E-state index contributed by atoms with van der Waals surface area (Å²) >= 11 is 1.69. The molecule has 1 aromatic rings. The van der Waals surface area contributed by atoms with Crippen LogP contribution in [0.25, 0.3) is 0 Å². The summed E-state index contributed by atoms with van der Waals surface area (Å²) in [5, 5.41) is 16.0. The molecule has 1 atom stereocenters. The molecule has 1 aromatic heterocycles. The van der Waals surface area contributed by atoms with Crippen molar-refractivity contribution in [2.45, 2.75) is 38.2 Å². The van der Waals surface area contributed by atoms with Gasteiger partial charge in [0, 0.05) is 45.0 Å². The van der Waals surface area contributed by atoms with Gasteiger partial charge in [-0.25, -0.2) is 9.78 Å². The van der Waals surface area contributed by atoms with E-state index < -0.39 is 0 Å². The maximum atomic E-state index is 12.0. The van der Waals surface area contributed by atoms with Crippen LogP contribution in [0.15, 0.2) is 5.38 Å². The Balaban J connectivity index is 1.37. The predicted octanol–water partition coefficient (Wildman–Crippen LogP) is 1.70. The van der Waals surface area contributed by atoms with Gasteiger partial charge in [-0.2, -0.15) is 0 Å². The van der Waals surface area contributed by atoms with Crippen LogP contribution in [0.3, 0.4) is 0 Å². The van der Waals surface area contributed by atoms with Crippen molar-refractivity contribution in [3.05, 3.63) is 11.1 Å². The Morgan fingerprint density at radius 3 is 2.96 bits per heavy atom. The highest BCUT2D eigenvalue weighted by atomic mass is 32.1. The summed E-state index contributed by atoms with van der Waals surface area (Å²) in [6, 6.07) is -0.125. The van der Waals surface area contributed by atoms with E-state index in [1.807, 2.05) is 0 Å². The van der Waals surface area contributed by atoms with E-state index in [0.29, 0.717) is 19.0 Å². The smallest absolute Gasteiger partial charge is 0.317 e. The number of anilines is 1. The second kappa shape index (κ2) is 7.49. The lowest BCUT2D eigenvalue weighted by molar-refractivity contribution is 0.113. The number of hydrogen-bond acceptors (Lipinski definition) is 5. The van der Waals surface area contributed by atoms with Gasteiger partial charge in [0.15, 0.2) is 5.13 Å². The molecular weight excluding hydrogens is 312 g/mol. The maximum absolute atomic E-state index is 12.0. The summed E-state index contributed by atoms with van der Waals surface area (Å²) < 4.78 is 0. The molecule has 3 rings (SSSR count). The van der Waals surface area contributed by atoms with Gasteiger partial charge < -0.3 is 20.2 Å². The summed E-state index contributed by atoms with van der Waals surface area (Å²) in [4.78, 5) is 20.6. The standard InChI is InChI=1S/C16H26N4O2S/c1-19(10-14(21)12-4-5-12)15(22)17-7-6-13-11-23-16(18-13)20-8-2-3-9-20/h11-12,14,21H,2-10H2,1H3,(H,17,22). The van der Waals surface area contributed by atoms with E-state index in [9.17, 15) is 9.90 Å². The zero-order valence-electron chi connectivity index (χ0n) is 13.7. The van der Waals surface area contributed by atoms with E-state index in [-0.39, 0.29) is 12.1 Å². The Hall–Kier alpha value is -1.34. The first-order chi connectivity index (χ1) is 11.1. The molecule has 1 saturated heterocycles. The summed E-state index contributed by atoms with van der Waals surface area (Å²) in [6.45, 7) is 3.20. The fourth-order valence-corrected chi connectivity index (χ4v) is 3.80. The molecule has 1 aliphatic carbocycles. The predicted molar refractivity (Wildman–Crippen MR) is 92.0 cm³/mol. The van der Waals surface area contributed by atoms with Crippen LogP contribution in [-0.2, 0) is 6.42 Å². The molecule has 2 fully saturated rings. The quantitative estimate of drug-likeness (QED) is 0.794. The van der Waals surface area contributed by atoms with Gasteiger partial charge in [-0.05, 0) is 31.6 Å². The van der Waals surface area contributed by atoms with Crippen molar-refractivity contribution in [3.8, 4) is 0 Å². The number of urea groups is 1. The zero-order valence-corrected chi connectivity index (χ0v) is 14.5. The third-order valence-corrected chi connectivity index (χ3v) is 5.50. The molecule has 0 radical (unpaired) electrons. The van der Waals surface area contributed by atoms with Crippen LogP contribution in [0.5, 0.6) is 0 Å². The van der Waals surface area contributed by atoms with Gasteiger partial charge in [-0.3, -0.25) is 0 Å². The van der Waals surface area contributed by atoms with Gasteiger partial charge in [-0.15, -0.1) is 11.3 Å². The summed E-state index contributed by atoms with van der Waals surface area (Å²) in [6.07, 6.45) is 5.04. The highest BCUT2D eigenvalue weighted by Gasteiger charge is 2.31. The summed E-state index contributed by atoms with van der Waals surface area (Å²) in [7, 11) is 1.73. The fraction of sp³-hybridized carbons (Fsp3) is 0.750. The van der Waals surface area contributed by atoms with Gasteiger partial charge >= 0.3 is 6.03 Å².